The van der Waals surface area contributed by atoms with Crippen molar-refractivity contribution in [1.82, 2.24) is 19.9 Å². The maximum absolute atomic E-state index is 13.7. The first-order chi connectivity index (χ1) is 17.0. The van der Waals surface area contributed by atoms with E-state index in [1.807, 2.05) is 29.2 Å². The number of amides is 1. The average Bonchev–Trinajstić information content (AvgIpc) is 3.39. The van der Waals surface area contributed by atoms with Crippen LogP contribution in [0.15, 0.2) is 54.7 Å². The van der Waals surface area contributed by atoms with Crippen molar-refractivity contribution in [3.8, 4) is 17.0 Å². The highest BCUT2D eigenvalue weighted by Gasteiger charge is 2.41. The number of piperidine rings is 1. The van der Waals surface area contributed by atoms with Crippen LogP contribution < -0.4 is 4.74 Å². The van der Waals surface area contributed by atoms with Crippen LogP contribution in [0.2, 0.25) is 0 Å². The van der Waals surface area contributed by atoms with Crippen LogP contribution in [0, 0.1) is 11.7 Å². The lowest BCUT2D eigenvalue weighted by Crippen LogP contribution is -2.50. The number of carbonyl (C=O) groups is 1. The summed E-state index contributed by atoms with van der Waals surface area (Å²) in [4.78, 5) is 15.7. The Hall–Kier alpha value is -3.26. The summed E-state index contributed by atoms with van der Waals surface area (Å²) in [6.45, 7) is 0.347. The van der Waals surface area contributed by atoms with Gasteiger partial charge in [0.15, 0.2) is 0 Å². The quantitative estimate of drug-likeness (QED) is 0.582. The number of hydrogen-bond acceptors (Lipinski definition) is 5. The van der Waals surface area contributed by atoms with E-state index < -0.39 is 12.1 Å². The highest BCUT2D eigenvalue weighted by Crippen LogP contribution is 2.39. The number of halogens is 1. The molecule has 35 heavy (non-hydrogen) atoms. The number of rotatable bonds is 5. The Morgan fingerprint density at radius 2 is 1.77 bits per heavy atom. The van der Waals surface area contributed by atoms with Crippen LogP contribution >= 0.6 is 0 Å². The SMILES string of the molecule is COc1ccc([C@H]2C[C@H](O)[C@@H](n3cc(-c4ccc(F)cc4)nn3)CN2C(=O)C2CCCCC2)cc1. The van der Waals surface area contributed by atoms with Gasteiger partial charge in [-0.25, -0.2) is 9.07 Å². The number of hydrogen-bond donors (Lipinski definition) is 1. The van der Waals surface area contributed by atoms with Gasteiger partial charge >= 0.3 is 0 Å². The Balaban J connectivity index is 1.43. The van der Waals surface area contributed by atoms with Gasteiger partial charge in [0.2, 0.25) is 5.91 Å². The van der Waals surface area contributed by atoms with E-state index in [9.17, 15) is 14.3 Å². The molecule has 184 valence electrons. The second-order valence-corrected chi connectivity index (χ2v) is 9.58. The Kier molecular flexibility index (Phi) is 6.81. The van der Waals surface area contributed by atoms with Crippen molar-refractivity contribution in [3.63, 3.8) is 0 Å². The third-order valence-electron chi connectivity index (χ3n) is 7.40. The molecule has 0 radical (unpaired) electrons. The van der Waals surface area contributed by atoms with Crippen molar-refractivity contribution in [1.29, 1.82) is 0 Å². The van der Waals surface area contributed by atoms with Crippen LogP contribution in [0.5, 0.6) is 5.75 Å². The Morgan fingerprint density at radius 3 is 2.46 bits per heavy atom. The zero-order valence-corrected chi connectivity index (χ0v) is 19.9. The van der Waals surface area contributed by atoms with E-state index in [1.54, 1.807) is 30.1 Å². The number of likely N-dealkylation sites (tertiary alicyclic amines) is 1. The molecular formula is C27H31FN4O3. The first kappa shape index (κ1) is 23.5. The predicted octanol–water partition coefficient (Wildman–Crippen LogP) is 4.55. The van der Waals surface area contributed by atoms with E-state index in [-0.39, 0.29) is 23.7 Å². The van der Waals surface area contributed by atoms with Crippen molar-refractivity contribution in [2.75, 3.05) is 13.7 Å². The molecule has 1 N–H and O–H groups in total. The van der Waals surface area contributed by atoms with Gasteiger partial charge in [0, 0.05) is 24.4 Å². The van der Waals surface area contributed by atoms with Crippen LogP contribution in [-0.2, 0) is 4.79 Å². The van der Waals surface area contributed by atoms with E-state index in [0.29, 0.717) is 18.7 Å². The van der Waals surface area contributed by atoms with Gasteiger partial charge < -0.3 is 14.7 Å². The summed E-state index contributed by atoms with van der Waals surface area (Å²) in [7, 11) is 1.63. The highest BCUT2D eigenvalue weighted by atomic mass is 19.1. The number of aliphatic hydroxyl groups is 1. The van der Waals surface area contributed by atoms with Gasteiger partial charge in [-0.1, -0.05) is 36.6 Å². The maximum Gasteiger partial charge on any atom is 0.226 e. The molecule has 3 atom stereocenters. The number of carbonyl (C=O) groups excluding carboxylic acids is 1. The minimum atomic E-state index is -0.708. The second-order valence-electron chi connectivity index (χ2n) is 9.58. The first-order valence-corrected chi connectivity index (χ1v) is 12.3. The van der Waals surface area contributed by atoms with Gasteiger partial charge in [0.25, 0.3) is 0 Å². The van der Waals surface area contributed by atoms with Crippen LogP contribution in [0.4, 0.5) is 4.39 Å². The minimum Gasteiger partial charge on any atom is -0.497 e. The van der Waals surface area contributed by atoms with Crippen LogP contribution in [0.3, 0.4) is 0 Å². The minimum absolute atomic E-state index is 0.0194. The average molecular weight is 479 g/mol. The van der Waals surface area contributed by atoms with Crippen LogP contribution in [0.25, 0.3) is 11.3 Å². The molecular weight excluding hydrogens is 447 g/mol. The molecule has 1 aliphatic carbocycles. The third-order valence-corrected chi connectivity index (χ3v) is 7.40. The number of aromatic nitrogens is 3. The molecule has 1 saturated heterocycles. The summed E-state index contributed by atoms with van der Waals surface area (Å²) in [5.41, 5.74) is 2.33. The summed E-state index contributed by atoms with van der Waals surface area (Å²) in [6, 6.07) is 13.2. The van der Waals surface area contributed by atoms with Gasteiger partial charge in [-0.05, 0) is 54.8 Å². The molecule has 2 fully saturated rings. The van der Waals surface area contributed by atoms with Gasteiger partial charge in [-0.15, -0.1) is 5.10 Å². The summed E-state index contributed by atoms with van der Waals surface area (Å²) in [5.74, 6) is 0.613. The molecule has 5 rings (SSSR count). The number of nitrogens with zero attached hydrogens (tertiary/aromatic N) is 4. The maximum atomic E-state index is 13.7. The molecule has 0 unspecified atom stereocenters. The summed E-state index contributed by atoms with van der Waals surface area (Å²) >= 11 is 0. The fraction of sp³-hybridized carbons (Fsp3) is 0.444. The molecule has 8 heteroatoms. The molecule has 2 aromatic carbocycles. The molecule has 1 aromatic heterocycles. The molecule has 2 aliphatic rings. The number of aliphatic hydroxyl groups excluding tert-OH is 1. The molecule has 2 heterocycles. The predicted molar refractivity (Wildman–Crippen MR) is 129 cm³/mol. The van der Waals surface area contributed by atoms with Crippen LogP contribution in [-0.4, -0.2) is 50.7 Å². The van der Waals surface area contributed by atoms with Gasteiger partial charge in [-0.2, -0.15) is 0 Å². The van der Waals surface area contributed by atoms with E-state index in [1.165, 1.54) is 18.6 Å². The van der Waals surface area contributed by atoms with Crippen molar-refractivity contribution in [2.24, 2.45) is 5.92 Å². The molecule has 1 aliphatic heterocycles. The fourth-order valence-electron chi connectivity index (χ4n) is 5.38. The zero-order chi connectivity index (χ0) is 24.4. The van der Waals surface area contributed by atoms with Gasteiger partial charge in [0.05, 0.1) is 31.5 Å². The van der Waals surface area contributed by atoms with Crippen molar-refractivity contribution in [2.45, 2.75) is 56.7 Å². The Bertz CT molecular complexity index is 1140. The van der Waals surface area contributed by atoms with E-state index >= 15 is 0 Å². The molecule has 1 amide bonds. The van der Waals surface area contributed by atoms with Gasteiger partial charge in [0.1, 0.15) is 17.3 Å². The summed E-state index contributed by atoms with van der Waals surface area (Å²) in [5, 5.41) is 19.7. The molecule has 1 saturated carbocycles. The van der Waals surface area contributed by atoms with E-state index in [4.69, 9.17) is 4.74 Å². The van der Waals surface area contributed by atoms with Gasteiger partial charge in [-0.3, -0.25) is 4.79 Å². The molecule has 0 spiro atoms. The normalized spacial score (nSPS) is 23.3. The van der Waals surface area contributed by atoms with Crippen molar-refractivity contribution < 1.29 is 19.0 Å². The van der Waals surface area contributed by atoms with Crippen LogP contribution in [0.1, 0.15) is 56.2 Å². The standard InChI is InChI=1S/C27H31FN4O3/c1-35-22-13-9-19(10-14-22)24-15-26(33)25(17-31(24)27(34)20-5-3-2-4-6-20)32-16-23(29-30-32)18-7-11-21(28)12-8-18/h7-14,16,20,24-26,33H,2-6,15,17H2,1H3/t24-,25+,26+/m1/s1. The first-order valence-electron chi connectivity index (χ1n) is 12.3. The third kappa shape index (κ3) is 4.93. The summed E-state index contributed by atoms with van der Waals surface area (Å²) in [6.07, 6.45) is 6.62. The second kappa shape index (κ2) is 10.2. The highest BCUT2D eigenvalue weighted by molar-refractivity contribution is 5.79. The zero-order valence-electron chi connectivity index (χ0n) is 19.9. The Labute approximate surface area is 204 Å². The fourth-order valence-corrected chi connectivity index (χ4v) is 5.38. The lowest BCUT2D eigenvalue weighted by Gasteiger charge is -2.44. The lowest BCUT2D eigenvalue weighted by molar-refractivity contribution is -0.144. The summed E-state index contributed by atoms with van der Waals surface area (Å²) < 4.78 is 20.3. The van der Waals surface area contributed by atoms with Crippen molar-refractivity contribution in [3.05, 3.63) is 66.1 Å². The van der Waals surface area contributed by atoms with E-state index in [0.717, 1.165) is 42.6 Å². The number of benzene rings is 2. The molecule has 0 bridgehead atoms. The van der Waals surface area contributed by atoms with E-state index in [2.05, 4.69) is 10.3 Å². The molecule has 3 aromatic rings. The molecule has 7 nitrogen and oxygen atoms in total. The van der Waals surface area contributed by atoms with Crippen molar-refractivity contribution >= 4 is 5.91 Å². The number of ether oxygens (including phenoxy) is 1. The largest absolute Gasteiger partial charge is 0.497 e. The topological polar surface area (TPSA) is 80.5 Å². The number of methoxy groups -OCH3 is 1. The Morgan fingerprint density at radius 1 is 1.06 bits per heavy atom. The monoisotopic (exact) mass is 478 g/mol. The lowest BCUT2D eigenvalue weighted by atomic mass is 9.85. The smallest absolute Gasteiger partial charge is 0.226 e.